The largest absolute Gasteiger partial charge is 0.573 e. The highest BCUT2D eigenvalue weighted by Gasteiger charge is 2.47. The number of nitrogens with one attached hydrogen (secondary N) is 1. The Kier molecular flexibility index (Phi) is 5.07. The Morgan fingerprint density at radius 3 is 2.41 bits per heavy atom. The standard InChI is InChI=1S/C18H17F3N4O4/c1-4-17(3)14(26)25(16(27)24-17)11-8-22-15(23-9-11)28-12-6-5-10(2)13(7-12)29-18(19,20)21/h5-9H,4H2,1-3H3,(H,24,27)/t17-/m1/s1. The first-order chi connectivity index (χ1) is 13.5. The van der Waals surface area contributed by atoms with E-state index in [-0.39, 0.29) is 23.0 Å². The summed E-state index contributed by atoms with van der Waals surface area (Å²) < 4.78 is 46.7. The van der Waals surface area contributed by atoms with Crippen LogP contribution in [-0.2, 0) is 4.79 Å². The second-order valence-corrected chi connectivity index (χ2v) is 6.56. The summed E-state index contributed by atoms with van der Waals surface area (Å²) in [4.78, 5) is 33.4. The summed E-state index contributed by atoms with van der Waals surface area (Å²) >= 11 is 0. The maximum atomic E-state index is 12.5. The van der Waals surface area contributed by atoms with Crippen LogP contribution >= 0.6 is 0 Å². The second-order valence-electron chi connectivity index (χ2n) is 6.56. The summed E-state index contributed by atoms with van der Waals surface area (Å²) in [6.45, 7) is 4.84. The van der Waals surface area contributed by atoms with Crippen molar-refractivity contribution in [3.63, 3.8) is 0 Å². The topological polar surface area (TPSA) is 93.7 Å². The van der Waals surface area contributed by atoms with Gasteiger partial charge in [0.2, 0.25) is 0 Å². The molecule has 2 aromatic rings. The van der Waals surface area contributed by atoms with Crippen LogP contribution in [0.5, 0.6) is 17.5 Å². The third-order valence-corrected chi connectivity index (χ3v) is 4.44. The molecule has 11 heteroatoms. The zero-order chi connectivity index (χ0) is 21.4. The van der Waals surface area contributed by atoms with Gasteiger partial charge in [-0.1, -0.05) is 13.0 Å². The Hall–Kier alpha value is -3.37. The fourth-order valence-electron chi connectivity index (χ4n) is 2.62. The summed E-state index contributed by atoms with van der Waals surface area (Å²) in [5.74, 6) is -0.823. The van der Waals surface area contributed by atoms with Gasteiger partial charge >= 0.3 is 18.4 Å². The van der Waals surface area contributed by atoms with E-state index in [1.54, 1.807) is 13.8 Å². The normalized spacial score (nSPS) is 19.3. The SMILES string of the molecule is CC[C@@]1(C)NC(=O)N(c2cnc(Oc3ccc(C)c(OC(F)(F)F)c3)nc2)C1=O. The predicted molar refractivity (Wildman–Crippen MR) is 94.7 cm³/mol. The number of halogens is 3. The highest BCUT2D eigenvalue weighted by atomic mass is 19.4. The third-order valence-electron chi connectivity index (χ3n) is 4.44. The molecule has 1 aliphatic heterocycles. The predicted octanol–water partition coefficient (Wildman–Crippen LogP) is 3.70. The minimum absolute atomic E-state index is 0.0242. The van der Waals surface area contributed by atoms with E-state index >= 15 is 0 Å². The lowest BCUT2D eigenvalue weighted by atomic mass is 9.99. The Balaban J connectivity index is 1.77. The smallest absolute Gasteiger partial charge is 0.424 e. The summed E-state index contributed by atoms with van der Waals surface area (Å²) in [5, 5.41) is 2.61. The van der Waals surface area contributed by atoms with Crippen molar-refractivity contribution in [1.82, 2.24) is 15.3 Å². The minimum atomic E-state index is -4.84. The van der Waals surface area contributed by atoms with Crippen molar-refractivity contribution in [1.29, 1.82) is 0 Å². The first-order valence-electron chi connectivity index (χ1n) is 8.55. The number of urea groups is 1. The van der Waals surface area contributed by atoms with Gasteiger partial charge in [-0.25, -0.2) is 19.7 Å². The van der Waals surface area contributed by atoms with Gasteiger partial charge in [-0.2, -0.15) is 0 Å². The van der Waals surface area contributed by atoms with Crippen LogP contribution in [0.1, 0.15) is 25.8 Å². The van der Waals surface area contributed by atoms with E-state index in [9.17, 15) is 22.8 Å². The molecule has 3 amide bonds. The van der Waals surface area contributed by atoms with Gasteiger partial charge in [0.15, 0.2) is 0 Å². The molecule has 0 bridgehead atoms. The van der Waals surface area contributed by atoms with E-state index in [2.05, 4.69) is 20.0 Å². The van der Waals surface area contributed by atoms with Crippen LogP contribution in [0.4, 0.5) is 23.7 Å². The quantitative estimate of drug-likeness (QED) is 0.756. The van der Waals surface area contributed by atoms with Gasteiger partial charge in [0, 0.05) is 6.07 Å². The number of ether oxygens (including phenoxy) is 2. The molecule has 0 unspecified atom stereocenters. The van der Waals surface area contributed by atoms with E-state index in [0.29, 0.717) is 6.42 Å². The lowest BCUT2D eigenvalue weighted by Crippen LogP contribution is -2.43. The molecule has 1 N–H and O–H groups in total. The molecule has 154 valence electrons. The Labute approximate surface area is 163 Å². The summed E-state index contributed by atoms with van der Waals surface area (Å²) in [6, 6.07) is 3.11. The van der Waals surface area contributed by atoms with Gasteiger partial charge in [0.1, 0.15) is 17.0 Å². The van der Waals surface area contributed by atoms with Gasteiger partial charge in [-0.15, -0.1) is 13.2 Å². The van der Waals surface area contributed by atoms with Crippen molar-refractivity contribution in [2.45, 2.75) is 39.1 Å². The van der Waals surface area contributed by atoms with Crippen molar-refractivity contribution in [3.05, 3.63) is 36.2 Å². The minimum Gasteiger partial charge on any atom is -0.424 e. The van der Waals surface area contributed by atoms with Crippen molar-refractivity contribution < 1.29 is 32.2 Å². The molecule has 1 fully saturated rings. The van der Waals surface area contributed by atoms with Crippen LogP contribution in [-0.4, -0.2) is 33.8 Å². The van der Waals surface area contributed by atoms with Crippen LogP contribution in [0.2, 0.25) is 0 Å². The molecule has 3 rings (SSSR count). The number of hydrogen-bond acceptors (Lipinski definition) is 6. The molecule has 1 atom stereocenters. The lowest BCUT2D eigenvalue weighted by molar-refractivity contribution is -0.274. The maximum absolute atomic E-state index is 12.5. The number of carbonyl (C=O) groups is 2. The molecular weight excluding hydrogens is 393 g/mol. The number of rotatable bonds is 5. The fourth-order valence-corrected chi connectivity index (χ4v) is 2.62. The number of aromatic nitrogens is 2. The van der Waals surface area contributed by atoms with Crippen molar-refractivity contribution in [2.24, 2.45) is 0 Å². The molecule has 0 aliphatic carbocycles. The number of carbonyl (C=O) groups excluding carboxylic acids is 2. The zero-order valence-corrected chi connectivity index (χ0v) is 15.7. The molecule has 1 aromatic heterocycles. The number of imide groups is 1. The van der Waals surface area contributed by atoms with Crippen LogP contribution in [0.25, 0.3) is 0 Å². The van der Waals surface area contributed by atoms with E-state index in [1.807, 2.05) is 0 Å². The number of aryl methyl sites for hydroxylation is 1. The summed E-state index contributed by atoms with van der Waals surface area (Å²) in [7, 11) is 0. The Morgan fingerprint density at radius 2 is 1.86 bits per heavy atom. The van der Waals surface area contributed by atoms with Gasteiger partial charge in [-0.05, 0) is 31.9 Å². The van der Waals surface area contributed by atoms with Gasteiger partial charge < -0.3 is 14.8 Å². The highest BCUT2D eigenvalue weighted by Crippen LogP contribution is 2.31. The first kappa shape index (κ1) is 20.4. The van der Waals surface area contributed by atoms with E-state index in [4.69, 9.17) is 4.74 Å². The van der Waals surface area contributed by atoms with Crippen LogP contribution in [0.3, 0.4) is 0 Å². The second kappa shape index (κ2) is 7.22. The van der Waals surface area contributed by atoms with E-state index in [1.165, 1.54) is 31.5 Å². The summed E-state index contributed by atoms with van der Waals surface area (Å²) in [5.41, 5.74) is -0.603. The van der Waals surface area contributed by atoms with Crippen molar-refractivity contribution >= 4 is 17.6 Å². The molecule has 0 saturated carbocycles. The maximum Gasteiger partial charge on any atom is 0.573 e. The number of benzene rings is 1. The van der Waals surface area contributed by atoms with Crippen LogP contribution in [0, 0.1) is 6.92 Å². The Bertz CT molecular complexity index is 949. The summed E-state index contributed by atoms with van der Waals surface area (Å²) in [6.07, 6.45) is -2.01. The van der Waals surface area contributed by atoms with Crippen LogP contribution < -0.4 is 19.7 Å². The molecule has 2 heterocycles. The molecule has 1 aromatic carbocycles. The molecule has 1 saturated heterocycles. The van der Waals surface area contributed by atoms with E-state index in [0.717, 1.165) is 11.0 Å². The van der Waals surface area contributed by atoms with Crippen LogP contribution in [0.15, 0.2) is 30.6 Å². The molecular formula is C18H17F3N4O4. The molecule has 0 spiro atoms. The number of hydrogen-bond donors (Lipinski definition) is 1. The third kappa shape index (κ3) is 4.23. The Morgan fingerprint density at radius 1 is 1.21 bits per heavy atom. The van der Waals surface area contributed by atoms with E-state index < -0.39 is 29.6 Å². The van der Waals surface area contributed by atoms with Crippen molar-refractivity contribution in [3.8, 4) is 17.5 Å². The number of amides is 3. The fraction of sp³-hybridized carbons (Fsp3) is 0.333. The van der Waals surface area contributed by atoms with Gasteiger partial charge in [0.05, 0.1) is 18.1 Å². The van der Waals surface area contributed by atoms with Gasteiger partial charge in [0.25, 0.3) is 5.91 Å². The lowest BCUT2D eigenvalue weighted by Gasteiger charge is -2.19. The number of anilines is 1. The molecule has 0 radical (unpaired) electrons. The monoisotopic (exact) mass is 410 g/mol. The number of alkyl halides is 3. The molecule has 1 aliphatic rings. The number of nitrogens with zero attached hydrogens (tertiary/aromatic N) is 3. The van der Waals surface area contributed by atoms with Crippen molar-refractivity contribution in [2.75, 3.05) is 4.90 Å². The highest BCUT2D eigenvalue weighted by molar-refractivity contribution is 6.23. The van der Waals surface area contributed by atoms with Gasteiger partial charge in [-0.3, -0.25) is 4.79 Å². The average Bonchev–Trinajstić information content (AvgIpc) is 2.87. The molecule has 29 heavy (non-hydrogen) atoms. The average molecular weight is 410 g/mol. The molecule has 8 nitrogen and oxygen atoms in total. The first-order valence-corrected chi connectivity index (χ1v) is 8.55. The zero-order valence-electron chi connectivity index (χ0n) is 15.7.